The van der Waals surface area contributed by atoms with Gasteiger partial charge >= 0.3 is 0 Å². The molecule has 0 radical (unpaired) electrons. The van der Waals surface area contributed by atoms with Gasteiger partial charge in [0, 0.05) is 12.6 Å². The van der Waals surface area contributed by atoms with Crippen molar-refractivity contribution in [2.24, 2.45) is 11.7 Å². The van der Waals surface area contributed by atoms with Crippen LogP contribution in [0.1, 0.15) is 37.7 Å². The first-order valence-corrected chi connectivity index (χ1v) is 7.35. The molecule has 3 heteroatoms. The summed E-state index contributed by atoms with van der Waals surface area (Å²) in [5, 5.41) is 0. The highest BCUT2D eigenvalue weighted by Gasteiger charge is 2.25. The van der Waals surface area contributed by atoms with E-state index < -0.39 is 0 Å². The molecule has 0 saturated heterocycles. The van der Waals surface area contributed by atoms with Crippen molar-refractivity contribution >= 4 is 0 Å². The van der Waals surface area contributed by atoms with E-state index in [2.05, 4.69) is 11.9 Å². The van der Waals surface area contributed by atoms with E-state index in [0.717, 1.165) is 18.7 Å². The average molecular weight is 264 g/mol. The normalized spacial score (nSPS) is 24.4. The first kappa shape index (κ1) is 14.5. The summed E-state index contributed by atoms with van der Waals surface area (Å²) in [6, 6.07) is 7.44. The van der Waals surface area contributed by atoms with Crippen LogP contribution in [-0.2, 0) is 6.54 Å². The summed E-state index contributed by atoms with van der Waals surface area (Å²) in [4.78, 5) is 2.36. The lowest BCUT2D eigenvalue weighted by atomic mass is 9.93. The smallest absolute Gasteiger partial charge is 0.123 e. The van der Waals surface area contributed by atoms with Crippen LogP contribution in [0.3, 0.4) is 0 Å². The third kappa shape index (κ3) is 4.02. The van der Waals surface area contributed by atoms with E-state index in [-0.39, 0.29) is 5.82 Å². The first-order chi connectivity index (χ1) is 9.20. The zero-order chi connectivity index (χ0) is 13.7. The summed E-state index contributed by atoms with van der Waals surface area (Å²) in [5.41, 5.74) is 6.98. The topological polar surface area (TPSA) is 29.3 Å². The quantitative estimate of drug-likeness (QED) is 0.846. The molecule has 0 aromatic heterocycles. The summed E-state index contributed by atoms with van der Waals surface area (Å²) < 4.78 is 13.2. The lowest BCUT2D eigenvalue weighted by Crippen LogP contribution is -2.40. The number of nitrogens with zero attached hydrogens (tertiary/aromatic N) is 1. The summed E-state index contributed by atoms with van der Waals surface area (Å²) in [7, 11) is 2.14. The van der Waals surface area contributed by atoms with Crippen molar-refractivity contribution in [1.82, 2.24) is 4.90 Å². The molecule has 2 atom stereocenters. The van der Waals surface area contributed by atoms with Crippen molar-refractivity contribution in [2.75, 3.05) is 13.6 Å². The number of hydrogen-bond acceptors (Lipinski definition) is 2. The lowest BCUT2D eigenvalue weighted by molar-refractivity contribution is 0.161. The van der Waals surface area contributed by atoms with E-state index in [9.17, 15) is 4.39 Å². The van der Waals surface area contributed by atoms with Crippen LogP contribution in [0, 0.1) is 11.7 Å². The van der Waals surface area contributed by atoms with Crippen molar-refractivity contribution in [3.05, 3.63) is 35.6 Å². The molecule has 1 aromatic rings. The van der Waals surface area contributed by atoms with Crippen LogP contribution < -0.4 is 5.73 Å². The standard InChI is InChI=1S/C16H25FN2/c1-19(12-13-6-5-8-15(17)10-13)16-9-4-2-3-7-14(16)11-18/h5-6,8,10,14,16H,2-4,7,9,11-12,18H2,1H3. The van der Waals surface area contributed by atoms with E-state index in [1.54, 1.807) is 12.1 Å². The van der Waals surface area contributed by atoms with Gasteiger partial charge in [-0.2, -0.15) is 0 Å². The first-order valence-electron chi connectivity index (χ1n) is 7.35. The van der Waals surface area contributed by atoms with Gasteiger partial charge in [-0.25, -0.2) is 4.39 Å². The van der Waals surface area contributed by atoms with Gasteiger partial charge in [0.2, 0.25) is 0 Å². The van der Waals surface area contributed by atoms with Crippen molar-refractivity contribution in [3.8, 4) is 0 Å². The van der Waals surface area contributed by atoms with Crippen LogP contribution in [0.15, 0.2) is 24.3 Å². The lowest BCUT2D eigenvalue weighted by Gasteiger charge is -2.33. The molecule has 2 rings (SSSR count). The van der Waals surface area contributed by atoms with Gasteiger partial charge in [-0.05, 0) is 50.0 Å². The third-order valence-electron chi connectivity index (χ3n) is 4.31. The van der Waals surface area contributed by atoms with Crippen LogP contribution >= 0.6 is 0 Å². The van der Waals surface area contributed by atoms with Gasteiger partial charge in [-0.3, -0.25) is 4.90 Å². The Labute approximate surface area is 115 Å². The average Bonchev–Trinajstić information content (AvgIpc) is 2.63. The molecule has 2 N–H and O–H groups in total. The molecule has 2 nitrogen and oxygen atoms in total. The van der Waals surface area contributed by atoms with Gasteiger partial charge in [0.25, 0.3) is 0 Å². The minimum Gasteiger partial charge on any atom is -0.330 e. The summed E-state index contributed by atoms with van der Waals surface area (Å²) in [5.74, 6) is 0.434. The number of nitrogens with two attached hydrogens (primary N) is 1. The summed E-state index contributed by atoms with van der Waals surface area (Å²) in [6.07, 6.45) is 6.35. The molecule has 1 aliphatic carbocycles. The largest absolute Gasteiger partial charge is 0.330 e. The van der Waals surface area contributed by atoms with Gasteiger partial charge < -0.3 is 5.73 Å². The zero-order valence-corrected chi connectivity index (χ0v) is 11.8. The minimum atomic E-state index is -0.151. The third-order valence-corrected chi connectivity index (χ3v) is 4.31. The molecule has 1 saturated carbocycles. The van der Waals surface area contributed by atoms with Crippen molar-refractivity contribution in [1.29, 1.82) is 0 Å². The van der Waals surface area contributed by atoms with E-state index in [1.807, 2.05) is 6.07 Å². The highest BCUT2D eigenvalue weighted by atomic mass is 19.1. The highest BCUT2D eigenvalue weighted by Crippen LogP contribution is 2.27. The maximum Gasteiger partial charge on any atom is 0.123 e. The second-order valence-corrected chi connectivity index (χ2v) is 5.75. The van der Waals surface area contributed by atoms with E-state index in [4.69, 9.17) is 5.73 Å². The predicted molar refractivity (Wildman–Crippen MR) is 77.3 cm³/mol. The van der Waals surface area contributed by atoms with Gasteiger partial charge in [0.1, 0.15) is 5.82 Å². The monoisotopic (exact) mass is 264 g/mol. The second kappa shape index (κ2) is 7.01. The molecule has 106 valence electrons. The maximum absolute atomic E-state index is 13.2. The van der Waals surface area contributed by atoms with Crippen molar-refractivity contribution < 1.29 is 4.39 Å². The predicted octanol–water partition coefficient (Wildman–Crippen LogP) is 3.17. The molecular formula is C16H25FN2. The van der Waals surface area contributed by atoms with Crippen LogP contribution in [-0.4, -0.2) is 24.5 Å². The fraction of sp³-hybridized carbons (Fsp3) is 0.625. The Morgan fingerprint density at radius 2 is 2.05 bits per heavy atom. The molecule has 0 spiro atoms. The van der Waals surface area contributed by atoms with Crippen LogP contribution in [0.25, 0.3) is 0 Å². The molecular weight excluding hydrogens is 239 g/mol. The Morgan fingerprint density at radius 3 is 2.79 bits per heavy atom. The summed E-state index contributed by atoms with van der Waals surface area (Å²) >= 11 is 0. The van der Waals surface area contributed by atoms with Crippen molar-refractivity contribution in [3.63, 3.8) is 0 Å². The molecule has 0 heterocycles. The molecule has 1 fully saturated rings. The number of hydrogen-bond donors (Lipinski definition) is 1. The molecule has 0 bridgehead atoms. The molecule has 2 unspecified atom stereocenters. The minimum absolute atomic E-state index is 0.151. The molecule has 1 aromatic carbocycles. The Kier molecular flexibility index (Phi) is 5.34. The number of benzene rings is 1. The molecule has 19 heavy (non-hydrogen) atoms. The highest BCUT2D eigenvalue weighted by molar-refractivity contribution is 5.16. The van der Waals surface area contributed by atoms with Gasteiger partial charge in [-0.15, -0.1) is 0 Å². The van der Waals surface area contributed by atoms with Crippen LogP contribution in [0.5, 0.6) is 0 Å². The fourth-order valence-corrected chi connectivity index (χ4v) is 3.26. The van der Waals surface area contributed by atoms with Crippen molar-refractivity contribution in [2.45, 2.75) is 44.7 Å². The molecule has 1 aliphatic rings. The number of halogens is 1. The van der Waals surface area contributed by atoms with E-state index in [1.165, 1.54) is 38.2 Å². The Hall–Kier alpha value is -0.930. The SMILES string of the molecule is CN(Cc1cccc(F)c1)C1CCCCCC1CN. The van der Waals surface area contributed by atoms with Gasteiger partial charge in [-0.1, -0.05) is 31.4 Å². The van der Waals surface area contributed by atoms with Gasteiger partial charge in [0.05, 0.1) is 0 Å². The summed E-state index contributed by atoms with van der Waals surface area (Å²) in [6.45, 7) is 1.57. The van der Waals surface area contributed by atoms with Crippen LogP contribution in [0.4, 0.5) is 4.39 Å². The number of rotatable bonds is 4. The van der Waals surface area contributed by atoms with Gasteiger partial charge in [0.15, 0.2) is 0 Å². The Morgan fingerprint density at radius 1 is 1.26 bits per heavy atom. The zero-order valence-electron chi connectivity index (χ0n) is 11.8. The Bertz CT molecular complexity index is 394. The fourth-order valence-electron chi connectivity index (χ4n) is 3.26. The van der Waals surface area contributed by atoms with Crippen LogP contribution in [0.2, 0.25) is 0 Å². The molecule has 0 amide bonds. The van der Waals surface area contributed by atoms with E-state index in [0.29, 0.717) is 12.0 Å². The van der Waals surface area contributed by atoms with E-state index >= 15 is 0 Å². The maximum atomic E-state index is 13.2. The Balaban J connectivity index is 2.02. The molecule has 0 aliphatic heterocycles. The second-order valence-electron chi connectivity index (χ2n) is 5.75.